The second-order valence-electron chi connectivity index (χ2n) is 6.98. The molecule has 2 aromatic carbocycles. The molecule has 166 valence electrons. The third kappa shape index (κ3) is 4.38. The summed E-state index contributed by atoms with van der Waals surface area (Å²) in [4.78, 5) is 48.0. The molecule has 1 saturated heterocycles. The normalized spacial score (nSPS) is 14.5. The zero-order valence-electron chi connectivity index (χ0n) is 17.4. The predicted octanol–water partition coefficient (Wildman–Crippen LogP) is 1.95. The van der Waals surface area contributed by atoms with Crippen LogP contribution >= 0.6 is 0 Å². The number of hydrogen-bond donors (Lipinski definition) is 1. The van der Waals surface area contributed by atoms with Crippen molar-refractivity contribution in [1.82, 2.24) is 5.43 Å². The first-order valence-corrected chi connectivity index (χ1v) is 9.93. The lowest BCUT2D eigenvalue weighted by Crippen LogP contribution is -2.35. The minimum atomic E-state index is -1.31. The van der Waals surface area contributed by atoms with E-state index in [4.69, 9.17) is 9.15 Å². The highest BCUT2D eigenvalue weighted by Crippen LogP contribution is 2.26. The number of nitrogens with one attached hydrogen (secondary N) is 1. The van der Waals surface area contributed by atoms with Crippen LogP contribution in [0.15, 0.2) is 70.7 Å². The van der Waals surface area contributed by atoms with Gasteiger partial charge in [-0.2, -0.15) is 0 Å². The molecule has 0 unspecified atom stereocenters. The number of amides is 2. The van der Waals surface area contributed by atoms with Crippen LogP contribution in [-0.4, -0.2) is 30.4 Å². The number of carbonyl (C=O) groups is 4. The fraction of sp³-hybridized carbons (Fsp3) is 0.0833. The molecule has 2 amide bonds. The quantitative estimate of drug-likeness (QED) is 0.349. The van der Waals surface area contributed by atoms with Crippen molar-refractivity contribution in [3.63, 3.8) is 0 Å². The van der Waals surface area contributed by atoms with Crippen LogP contribution in [0.25, 0.3) is 17.4 Å². The fourth-order valence-electron chi connectivity index (χ4n) is 3.23. The Hall–Kier alpha value is -4.66. The Kier molecular flexibility index (Phi) is 5.77. The summed E-state index contributed by atoms with van der Waals surface area (Å²) in [5.74, 6) is -2.41. The maximum absolute atomic E-state index is 12.8. The van der Waals surface area contributed by atoms with Gasteiger partial charge in [0.1, 0.15) is 17.1 Å². The summed E-state index contributed by atoms with van der Waals surface area (Å²) in [6, 6.07) is 15.2. The van der Waals surface area contributed by atoms with Crippen LogP contribution in [0.2, 0.25) is 0 Å². The molecule has 1 N–H and O–H groups in total. The molecule has 1 aliphatic heterocycles. The van der Waals surface area contributed by atoms with Crippen molar-refractivity contribution in [2.75, 3.05) is 11.6 Å². The summed E-state index contributed by atoms with van der Waals surface area (Å²) >= 11 is 0. The molecule has 2 heterocycles. The Morgan fingerprint density at radius 2 is 1.82 bits per heavy atom. The number of aromatic carboxylic acids is 1. The van der Waals surface area contributed by atoms with Crippen LogP contribution in [0.3, 0.4) is 0 Å². The highest BCUT2D eigenvalue weighted by atomic mass is 16.5. The summed E-state index contributed by atoms with van der Waals surface area (Å²) in [6.07, 6.45) is 1.30. The van der Waals surface area contributed by atoms with E-state index in [1.54, 1.807) is 31.2 Å². The van der Waals surface area contributed by atoms with E-state index in [1.165, 1.54) is 42.5 Å². The number of benzene rings is 2. The number of nitrogens with zero attached hydrogens (tertiary/aromatic N) is 1. The maximum atomic E-state index is 12.8. The molecule has 0 saturated carbocycles. The van der Waals surface area contributed by atoms with E-state index < -0.39 is 23.8 Å². The molecular formula is C24H17N2O7-. The minimum absolute atomic E-state index is 0.00114. The Morgan fingerprint density at radius 1 is 1.06 bits per heavy atom. The van der Waals surface area contributed by atoms with Crippen LogP contribution in [0, 0.1) is 0 Å². The van der Waals surface area contributed by atoms with Crippen LogP contribution < -0.4 is 15.5 Å². The number of rotatable bonds is 6. The Bertz CT molecular complexity index is 1290. The van der Waals surface area contributed by atoms with Gasteiger partial charge in [0.05, 0.1) is 23.8 Å². The standard InChI is InChI=1S/C24H18N2O7/c1-2-32-24(31)14-6-8-17(9-7-14)26-22(28)19(21(27)25-26)13-18-10-11-20(33-18)15-4-3-5-16(12-15)23(29)30/h3-13H,2H2,1H3,(H,25,27)(H,29,30)/p-1/b19-13-. The zero-order valence-corrected chi connectivity index (χ0v) is 17.4. The van der Waals surface area contributed by atoms with Crippen molar-refractivity contribution >= 4 is 35.5 Å². The van der Waals surface area contributed by atoms with Crippen LogP contribution in [0.4, 0.5) is 5.69 Å². The molecule has 9 heteroatoms. The molecule has 1 aromatic heterocycles. The van der Waals surface area contributed by atoms with Gasteiger partial charge in [0, 0.05) is 5.56 Å². The first-order valence-electron chi connectivity index (χ1n) is 9.93. The fourth-order valence-corrected chi connectivity index (χ4v) is 3.23. The van der Waals surface area contributed by atoms with Crippen molar-refractivity contribution < 1.29 is 33.4 Å². The third-order valence-corrected chi connectivity index (χ3v) is 4.82. The third-order valence-electron chi connectivity index (χ3n) is 4.82. The van der Waals surface area contributed by atoms with Gasteiger partial charge in [-0.3, -0.25) is 15.0 Å². The topological polar surface area (TPSA) is 129 Å². The van der Waals surface area contributed by atoms with Crippen LogP contribution in [0.5, 0.6) is 0 Å². The highest BCUT2D eigenvalue weighted by molar-refractivity contribution is 6.31. The number of carbonyl (C=O) groups excluding carboxylic acids is 4. The second kappa shape index (κ2) is 8.83. The van der Waals surface area contributed by atoms with E-state index in [0.717, 1.165) is 5.01 Å². The molecule has 0 aliphatic carbocycles. The molecule has 0 atom stereocenters. The van der Waals surface area contributed by atoms with Crippen molar-refractivity contribution in [2.24, 2.45) is 0 Å². The number of furan rings is 1. The summed E-state index contributed by atoms with van der Waals surface area (Å²) in [5.41, 5.74) is 3.51. The average Bonchev–Trinajstić information content (AvgIpc) is 3.40. The number of hydrogen-bond acceptors (Lipinski definition) is 7. The molecule has 1 fully saturated rings. The summed E-state index contributed by atoms with van der Waals surface area (Å²) in [6.45, 7) is 1.94. The number of anilines is 1. The first kappa shape index (κ1) is 21.6. The smallest absolute Gasteiger partial charge is 0.338 e. The molecule has 3 aromatic rings. The SMILES string of the molecule is CCOC(=O)c1ccc(N2NC(=O)/C(=C/c3ccc(-c4cccc(C(=O)[O-])c4)o3)C2=O)cc1. The van der Waals surface area contributed by atoms with Gasteiger partial charge in [0.2, 0.25) is 0 Å². The first-order chi connectivity index (χ1) is 15.9. The van der Waals surface area contributed by atoms with Crippen molar-refractivity contribution in [3.8, 4) is 11.3 Å². The van der Waals surface area contributed by atoms with E-state index in [-0.39, 0.29) is 23.5 Å². The summed E-state index contributed by atoms with van der Waals surface area (Å²) in [5, 5.41) is 12.1. The highest BCUT2D eigenvalue weighted by Gasteiger charge is 2.34. The van der Waals surface area contributed by atoms with Crippen molar-refractivity contribution in [1.29, 1.82) is 0 Å². The molecule has 9 nitrogen and oxygen atoms in total. The summed E-state index contributed by atoms with van der Waals surface area (Å²) < 4.78 is 10.6. The second-order valence-corrected chi connectivity index (χ2v) is 6.98. The molecule has 0 bridgehead atoms. The maximum Gasteiger partial charge on any atom is 0.338 e. The summed E-state index contributed by atoms with van der Waals surface area (Å²) in [7, 11) is 0. The van der Waals surface area contributed by atoms with E-state index in [0.29, 0.717) is 22.6 Å². The van der Waals surface area contributed by atoms with Gasteiger partial charge in [-0.1, -0.05) is 18.2 Å². The van der Waals surface area contributed by atoms with Gasteiger partial charge in [0.15, 0.2) is 0 Å². The van der Waals surface area contributed by atoms with Crippen LogP contribution in [-0.2, 0) is 14.3 Å². The number of esters is 1. The molecule has 0 radical (unpaired) electrons. The van der Waals surface area contributed by atoms with Gasteiger partial charge in [-0.25, -0.2) is 9.80 Å². The molecular weight excluding hydrogens is 428 g/mol. The molecule has 0 spiro atoms. The zero-order chi connectivity index (χ0) is 23.5. The lowest BCUT2D eigenvalue weighted by Gasteiger charge is -2.14. The largest absolute Gasteiger partial charge is 0.545 e. The number of hydrazine groups is 1. The van der Waals surface area contributed by atoms with Crippen LogP contribution in [0.1, 0.15) is 33.4 Å². The number of carboxylic acids is 1. The van der Waals surface area contributed by atoms with Gasteiger partial charge in [-0.15, -0.1) is 0 Å². The van der Waals surface area contributed by atoms with E-state index in [9.17, 15) is 24.3 Å². The Morgan fingerprint density at radius 3 is 2.52 bits per heavy atom. The minimum Gasteiger partial charge on any atom is -0.545 e. The number of ether oxygens (including phenoxy) is 1. The molecule has 33 heavy (non-hydrogen) atoms. The van der Waals surface area contributed by atoms with E-state index in [1.807, 2.05) is 0 Å². The lowest BCUT2D eigenvalue weighted by molar-refractivity contribution is -0.255. The Labute approximate surface area is 187 Å². The molecule has 1 aliphatic rings. The predicted molar refractivity (Wildman–Crippen MR) is 114 cm³/mol. The van der Waals surface area contributed by atoms with E-state index >= 15 is 0 Å². The van der Waals surface area contributed by atoms with Gasteiger partial charge in [-0.05, 0) is 61.0 Å². The van der Waals surface area contributed by atoms with Gasteiger partial charge in [0.25, 0.3) is 11.8 Å². The van der Waals surface area contributed by atoms with Crippen molar-refractivity contribution in [3.05, 3.63) is 83.1 Å². The van der Waals surface area contributed by atoms with Gasteiger partial charge < -0.3 is 19.1 Å². The van der Waals surface area contributed by atoms with Crippen molar-refractivity contribution in [2.45, 2.75) is 6.92 Å². The number of carboxylic acid groups (broad SMARTS) is 1. The lowest BCUT2D eigenvalue weighted by atomic mass is 10.1. The monoisotopic (exact) mass is 445 g/mol. The molecule has 4 rings (SSSR count). The Balaban J connectivity index is 1.55. The van der Waals surface area contributed by atoms with Gasteiger partial charge >= 0.3 is 5.97 Å². The van der Waals surface area contributed by atoms with E-state index in [2.05, 4.69) is 5.43 Å². The average molecular weight is 445 g/mol.